The van der Waals surface area contributed by atoms with Crippen molar-refractivity contribution >= 4 is 23.1 Å². The van der Waals surface area contributed by atoms with Gasteiger partial charge >= 0.3 is 0 Å². The number of nitro benzene ring substituents is 1. The van der Waals surface area contributed by atoms with E-state index in [2.05, 4.69) is 0 Å². The molecule has 30 heavy (non-hydrogen) atoms. The van der Waals surface area contributed by atoms with Crippen molar-refractivity contribution in [1.82, 2.24) is 4.90 Å². The van der Waals surface area contributed by atoms with E-state index >= 15 is 0 Å². The molecule has 0 spiro atoms. The van der Waals surface area contributed by atoms with Crippen LogP contribution in [0, 0.1) is 10.1 Å². The van der Waals surface area contributed by atoms with Gasteiger partial charge in [-0.25, -0.2) is 0 Å². The summed E-state index contributed by atoms with van der Waals surface area (Å²) in [6.07, 6.45) is 1.70. The summed E-state index contributed by atoms with van der Waals surface area (Å²) in [5.74, 6) is -0.436. The van der Waals surface area contributed by atoms with Gasteiger partial charge in [-0.1, -0.05) is 30.3 Å². The van der Waals surface area contributed by atoms with E-state index in [0.717, 1.165) is 12.8 Å². The summed E-state index contributed by atoms with van der Waals surface area (Å²) in [6, 6.07) is 12.8. The number of rotatable bonds is 7. The minimum atomic E-state index is -0.525. The molecule has 0 unspecified atom stereocenters. The van der Waals surface area contributed by atoms with Crippen LogP contribution in [0.4, 0.5) is 11.4 Å². The number of hydrogen-bond donors (Lipinski definition) is 0. The molecule has 0 radical (unpaired) electrons. The van der Waals surface area contributed by atoms with Crippen LogP contribution in [-0.4, -0.2) is 60.4 Å². The van der Waals surface area contributed by atoms with E-state index in [-0.39, 0.29) is 35.5 Å². The second-order valence-electron chi connectivity index (χ2n) is 7.54. The molecule has 0 atom stereocenters. The van der Waals surface area contributed by atoms with Gasteiger partial charge in [-0.05, 0) is 18.9 Å². The SMILES string of the molecule is O=C(c1ccccc1)c1cc([N+](=O)[O-])ccc1N(C(=O)CN1CCOCC1)C1CC1. The number of benzene rings is 2. The van der Waals surface area contributed by atoms with Crippen LogP contribution in [0.5, 0.6) is 0 Å². The van der Waals surface area contributed by atoms with Crippen LogP contribution >= 0.6 is 0 Å². The molecule has 1 amide bonds. The van der Waals surface area contributed by atoms with E-state index in [1.54, 1.807) is 35.2 Å². The molecular formula is C22H23N3O5. The third kappa shape index (κ3) is 4.39. The molecule has 4 rings (SSSR count). The van der Waals surface area contributed by atoms with Crippen LogP contribution in [-0.2, 0) is 9.53 Å². The largest absolute Gasteiger partial charge is 0.379 e. The summed E-state index contributed by atoms with van der Waals surface area (Å²) in [7, 11) is 0. The van der Waals surface area contributed by atoms with Gasteiger partial charge in [-0.3, -0.25) is 24.6 Å². The highest BCUT2D eigenvalue weighted by molar-refractivity contribution is 6.14. The van der Waals surface area contributed by atoms with Crippen molar-refractivity contribution in [3.05, 3.63) is 69.8 Å². The maximum atomic E-state index is 13.2. The number of carbonyl (C=O) groups excluding carboxylic acids is 2. The van der Waals surface area contributed by atoms with E-state index < -0.39 is 4.92 Å². The maximum absolute atomic E-state index is 13.2. The molecule has 1 heterocycles. The van der Waals surface area contributed by atoms with Crippen molar-refractivity contribution in [3.8, 4) is 0 Å². The average molecular weight is 409 g/mol. The van der Waals surface area contributed by atoms with Gasteiger partial charge in [0.2, 0.25) is 5.91 Å². The number of anilines is 1. The van der Waals surface area contributed by atoms with Crippen LogP contribution in [0.1, 0.15) is 28.8 Å². The van der Waals surface area contributed by atoms with Gasteiger partial charge in [-0.2, -0.15) is 0 Å². The van der Waals surface area contributed by atoms with Crippen molar-refractivity contribution < 1.29 is 19.2 Å². The number of morpholine rings is 1. The minimum Gasteiger partial charge on any atom is -0.379 e. The first kappa shape index (κ1) is 20.2. The van der Waals surface area contributed by atoms with Crippen LogP contribution in [0.15, 0.2) is 48.5 Å². The number of nitrogens with zero attached hydrogens (tertiary/aromatic N) is 3. The lowest BCUT2D eigenvalue weighted by atomic mass is 10.00. The zero-order valence-electron chi connectivity index (χ0n) is 16.5. The zero-order valence-corrected chi connectivity index (χ0v) is 16.5. The van der Waals surface area contributed by atoms with E-state index in [0.29, 0.717) is 37.6 Å². The van der Waals surface area contributed by atoms with Gasteiger partial charge in [0.1, 0.15) is 0 Å². The topological polar surface area (TPSA) is 93.0 Å². The summed E-state index contributed by atoms with van der Waals surface area (Å²) in [4.78, 5) is 40.9. The number of non-ortho nitro benzene ring substituents is 1. The molecule has 2 aromatic carbocycles. The van der Waals surface area contributed by atoms with Crippen molar-refractivity contribution in [2.24, 2.45) is 0 Å². The van der Waals surface area contributed by atoms with Gasteiger partial charge < -0.3 is 9.64 Å². The fourth-order valence-corrected chi connectivity index (χ4v) is 3.67. The molecule has 2 fully saturated rings. The van der Waals surface area contributed by atoms with E-state index in [1.165, 1.54) is 18.2 Å². The molecule has 1 saturated heterocycles. The highest BCUT2D eigenvalue weighted by Gasteiger charge is 2.37. The molecule has 2 aliphatic rings. The van der Waals surface area contributed by atoms with Gasteiger partial charge in [-0.15, -0.1) is 0 Å². The maximum Gasteiger partial charge on any atom is 0.270 e. The van der Waals surface area contributed by atoms with Crippen molar-refractivity contribution in [2.75, 3.05) is 37.7 Å². The number of ketones is 1. The number of amides is 1. The van der Waals surface area contributed by atoms with Gasteiger partial charge in [0.25, 0.3) is 5.69 Å². The van der Waals surface area contributed by atoms with Crippen molar-refractivity contribution in [1.29, 1.82) is 0 Å². The quantitative estimate of drug-likeness (QED) is 0.397. The van der Waals surface area contributed by atoms with Crippen molar-refractivity contribution in [2.45, 2.75) is 18.9 Å². The van der Waals surface area contributed by atoms with Crippen LogP contribution < -0.4 is 4.90 Å². The number of nitro groups is 1. The standard InChI is InChI=1S/C22H23N3O5/c26-21(15-23-10-12-30-13-11-23)24(17-6-7-17)20-9-8-18(25(28)29)14-19(20)22(27)16-4-2-1-3-5-16/h1-5,8-9,14,17H,6-7,10-13,15H2. The second kappa shape index (κ2) is 8.73. The zero-order chi connectivity index (χ0) is 21.1. The van der Waals surface area contributed by atoms with E-state index in [4.69, 9.17) is 4.74 Å². The molecule has 1 aliphatic carbocycles. The highest BCUT2D eigenvalue weighted by Crippen LogP contribution is 2.36. The normalized spacial score (nSPS) is 16.8. The Morgan fingerprint density at radius 2 is 1.80 bits per heavy atom. The Hall–Kier alpha value is -3.10. The first-order chi connectivity index (χ1) is 14.5. The van der Waals surface area contributed by atoms with Crippen molar-refractivity contribution in [3.63, 3.8) is 0 Å². The van der Waals surface area contributed by atoms with Gasteiger partial charge in [0.05, 0.1) is 35.9 Å². The Bertz CT molecular complexity index is 953. The van der Waals surface area contributed by atoms with Gasteiger partial charge in [0, 0.05) is 36.8 Å². The lowest BCUT2D eigenvalue weighted by molar-refractivity contribution is -0.384. The summed E-state index contributed by atoms with van der Waals surface area (Å²) >= 11 is 0. The molecule has 0 aromatic heterocycles. The molecular weight excluding hydrogens is 386 g/mol. The molecule has 0 bridgehead atoms. The molecule has 2 aromatic rings. The summed E-state index contributed by atoms with van der Waals surface area (Å²) in [5, 5.41) is 11.3. The summed E-state index contributed by atoms with van der Waals surface area (Å²) in [6.45, 7) is 2.77. The lowest BCUT2D eigenvalue weighted by Gasteiger charge is -2.30. The van der Waals surface area contributed by atoms with E-state index in [1.807, 2.05) is 4.90 Å². The van der Waals surface area contributed by atoms with Gasteiger partial charge in [0.15, 0.2) is 5.78 Å². The minimum absolute atomic E-state index is 0.0160. The lowest BCUT2D eigenvalue weighted by Crippen LogP contribution is -2.46. The predicted molar refractivity (Wildman–Crippen MR) is 111 cm³/mol. The molecule has 1 saturated carbocycles. The monoisotopic (exact) mass is 409 g/mol. The molecule has 0 N–H and O–H groups in total. The fraction of sp³-hybridized carbons (Fsp3) is 0.364. The number of hydrogen-bond acceptors (Lipinski definition) is 6. The molecule has 8 heteroatoms. The third-order valence-electron chi connectivity index (χ3n) is 5.37. The molecule has 156 valence electrons. The Kier molecular flexibility index (Phi) is 5.87. The first-order valence-corrected chi connectivity index (χ1v) is 10.0. The smallest absolute Gasteiger partial charge is 0.270 e. The Morgan fingerprint density at radius 1 is 1.10 bits per heavy atom. The summed E-state index contributed by atoms with van der Waals surface area (Å²) in [5.41, 5.74) is 0.873. The second-order valence-corrected chi connectivity index (χ2v) is 7.54. The fourth-order valence-electron chi connectivity index (χ4n) is 3.67. The summed E-state index contributed by atoms with van der Waals surface area (Å²) < 4.78 is 5.35. The molecule has 1 aliphatic heterocycles. The average Bonchev–Trinajstić information content (AvgIpc) is 3.60. The Labute approximate surface area is 174 Å². The Morgan fingerprint density at radius 3 is 2.43 bits per heavy atom. The predicted octanol–water partition coefficient (Wildman–Crippen LogP) is 2.65. The van der Waals surface area contributed by atoms with Crippen LogP contribution in [0.3, 0.4) is 0 Å². The van der Waals surface area contributed by atoms with Crippen LogP contribution in [0.25, 0.3) is 0 Å². The van der Waals surface area contributed by atoms with Crippen LogP contribution in [0.2, 0.25) is 0 Å². The molecule has 8 nitrogen and oxygen atoms in total. The third-order valence-corrected chi connectivity index (χ3v) is 5.37. The van der Waals surface area contributed by atoms with E-state index in [9.17, 15) is 19.7 Å². The number of carbonyl (C=O) groups is 2. The first-order valence-electron chi connectivity index (χ1n) is 10.0. The Balaban J connectivity index is 1.70. The highest BCUT2D eigenvalue weighted by atomic mass is 16.6. The number of ether oxygens (including phenoxy) is 1.